The minimum atomic E-state index is -0.206. The van der Waals surface area contributed by atoms with Gasteiger partial charge in [0.05, 0.1) is 11.3 Å². The Kier molecular flexibility index (Phi) is 2.41. The molecule has 1 aliphatic carbocycles. The van der Waals surface area contributed by atoms with Gasteiger partial charge in [-0.15, -0.1) is 0 Å². The molecule has 5 heteroatoms. The van der Waals surface area contributed by atoms with Gasteiger partial charge in [-0.1, -0.05) is 5.16 Å². The van der Waals surface area contributed by atoms with Crippen molar-refractivity contribution < 1.29 is 14.7 Å². The molecular weight excluding hydrogens is 184 g/mol. The number of nitrogens with zero attached hydrogens (tertiary/aromatic N) is 1. The van der Waals surface area contributed by atoms with Crippen LogP contribution in [0, 0.1) is 0 Å². The quantitative estimate of drug-likeness (QED) is 0.433. The monoisotopic (exact) mass is 198 g/mol. The van der Waals surface area contributed by atoms with Gasteiger partial charge in [0.25, 0.3) is 0 Å². The second-order valence-electron chi connectivity index (χ2n) is 3.91. The van der Waals surface area contributed by atoms with Crippen LogP contribution < -0.4 is 5.32 Å². The van der Waals surface area contributed by atoms with Gasteiger partial charge in [0.15, 0.2) is 0 Å². The molecular formula is C9H14N2O3. The summed E-state index contributed by atoms with van der Waals surface area (Å²) >= 11 is 0. The highest BCUT2D eigenvalue weighted by molar-refractivity contribution is 5.85. The van der Waals surface area contributed by atoms with Crippen molar-refractivity contribution in [3.05, 3.63) is 0 Å². The Labute approximate surface area is 82.1 Å². The van der Waals surface area contributed by atoms with Crippen LogP contribution in [0.4, 0.5) is 0 Å². The summed E-state index contributed by atoms with van der Waals surface area (Å²) in [6.45, 7) is 0.746. The number of hydrogen-bond acceptors (Lipinski definition) is 4. The number of carbonyl (C=O) groups excluding carboxylic acids is 1. The van der Waals surface area contributed by atoms with Crippen LogP contribution in [0.15, 0.2) is 5.16 Å². The molecule has 1 spiro atoms. The second kappa shape index (κ2) is 3.57. The Balaban J connectivity index is 1.96. The average molecular weight is 198 g/mol. The third kappa shape index (κ3) is 1.72. The van der Waals surface area contributed by atoms with E-state index in [1.165, 1.54) is 0 Å². The topological polar surface area (TPSA) is 70.9 Å². The molecule has 0 aromatic carbocycles. The first-order chi connectivity index (χ1) is 6.74. The van der Waals surface area contributed by atoms with Gasteiger partial charge in [-0.2, -0.15) is 0 Å². The van der Waals surface area contributed by atoms with Gasteiger partial charge in [-0.05, 0) is 25.7 Å². The Bertz CT molecular complexity index is 253. The van der Waals surface area contributed by atoms with E-state index in [1.54, 1.807) is 0 Å². The minimum Gasteiger partial charge on any atom is -0.411 e. The highest BCUT2D eigenvalue weighted by Gasteiger charge is 2.38. The van der Waals surface area contributed by atoms with E-state index < -0.39 is 0 Å². The average Bonchev–Trinajstić information content (AvgIpc) is 2.24. The lowest BCUT2D eigenvalue weighted by Gasteiger charge is -2.40. The number of oxime groups is 1. The Morgan fingerprint density at radius 3 is 2.64 bits per heavy atom. The van der Waals surface area contributed by atoms with Crippen molar-refractivity contribution >= 4 is 11.6 Å². The number of nitrogens with one attached hydrogen (secondary N) is 1. The molecule has 0 unspecified atom stereocenters. The zero-order valence-electron chi connectivity index (χ0n) is 7.95. The maximum absolute atomic E-state index is 10.9. The number of morpholine rings is 1. The van der Waals surface area contributed by atoms with Gasteiger partial charge in [0.1, 0.15) is 6.61 Å². The van der Waals surface area contributed by atoms with Crippen LogP contribution in [0.5, 0.6) is 0 Å². The summed E-state index contributed by atoms with van der Waals surface area (Å²) in [6.07, 6.45) is 3.16. The summed E-state index contributed by atoms with van der Waals surface area (Å²) < 4.78 is 5.56. The second-order valence-corrected chi connectivity index (χ2v) is 3.91. The smallest absolute Gasteiger partial charge is 0.246 e. The fraction of sp³-hybridized carbons (Fsp3) is 0.778. The molecule has 0 aromatic rings. The van der Waals surface area contributed by atoms with Gasteiger partial charge in [-0.3, -0.25) is 4.79 Å². The summed E-state index contributed by atoms with van der Waals surface area (Å²) in [5.74, 6) is -0.0442. The molecule has 1 heterocycles. The van der Waals surface area contributed by atoms with E-state index in [4.69, 9.17) is 9.94 Å². The van der Waals surface area contributed by atoms with Gasteiger partial charge in [0.2, 0.25) is 5.91 Å². The number of ether oxygens (including phenoxy) is 1. The van der Waals surface area contributed by atoms with Gasteiger partial charge >= 0.3 is 0 Å². The lowest BCUT2D eigenvalue weighted by Crippen LogP contribution is -2.54. The fourth-order valence-corrected chi connectivity index (χ4v) is 2.00. The largest absolute Gasteiger partial charge is 0.411 e. The molecule has 1 saturated heterocycles. The number of amides is 1. The molecule has 2 rings (SSSR count). The summed E-state index contributed by atoms with van der Waals surface area (Å²) in [6, 6.07) is 0. The predicted molar refractivity (Wildman–Crippen MR) is 49.4 cm³/mol. The standard InChI is InChI=1S/C9H14N2O3/c12-8-5-14-9(6-10-8)3-1-7(11-13)2-4-9/h13H,1-6H2,(H,10,12). The molecule has 78 valence electrons. The third-order valence-corrected chi connectivity index (χ3v) is 3.00. The molecule has 1 amide bonds. The number of rotatable bonds is 0. The first-order valence-electron chi connectivity index (χ1n) is 4.85. The van der Waals surface area contributed by atoms with Crippen LogP contribution in [-0.2, 0) is 9.53 Å². The SMILES string of the molecule is O=C1COC2(CCC(=NO)CC2)CN1. The molecule has 0 bridgehead atoms. The maximum Gasteiger partial charge on any atom is 0.246 e. The molecule has 14 heavy (non-hydrogen) atoms. The normalized spacial score (nSPS) is 32.9. The Morgan fingerprint density at radius 2 is 2.14 bits per heavy atom. The van der Waals surface area contributed by atoms with Crippen LogP contribution in [0.3, 0.4) is 0 Å². The van der Waals surface area contributed by atoms with E-state index in [0.29, 0.717) is 6.54 Å². The molecule has 1 saturated carbocycles. The Morgan fingerprint density at radius 1 is 1.43 bits per heavy atom. The molecule has 1 aliphatic heterocycles. The highest BCUT2D eigenvalue weighted by atomic mass is 16.5. The van der Waals surface area contributed by atoms with Gasteiger partial charge in [-0.25, -0.2) is 0 Å². The zero-order valence-corrected chi connectivity index (χ0v) is 7.95. The molecule has 2 fully saturated rings. The summed E-state index contributed by atoms with van der Waals surface area (Å²) in [7, 11) is 0. The zero-order chi connectivity index (χ0) is 10.0. The van der Waals surface area contributed by atoms with Crippen LogP contribution in [0.25, 0.3) is 0 Å². The van der Waals surface area contributed by atoms with Gasteiger partial charge in [0, 0.05) is 6.54 Å². The molecule has 2 aliphatic rings. The molecule has 0 atom stereocenters. The number of hydrogen-bond donors (Lipinski definition) is 2. The van der Waals surface area contributed by atoms with Crippen molar-refractivity contribution in [1.82, 2.24) is 5.32 Å². The molecule has 5 nitrogen and oxygen atoms in total. The van der Waals surface area contributed by atoms with Crippen LogP contribution in [-0.4, -0.2) is 35.6 Å². The van der Waals surface area contributed by atoms with Crippen molar-refractivity contribution in [2.75, 3.05) is 13.2 Å². The maximum atomic E-state index is 10.9. The van der Waals surface area contributed by atoms with Gasteiger partial charge < -0.3 is 15.3 Å². The highest BCUT2D eigenvalue weighted by Crippen LogP contribution is 2.31. The number of carbonyl (C=O) groups is 1. The van der Waals surface area contributed by atoms with Crippen molar-refractivity contribution in [1.29, 1.82) is 0 Å². The first kappa shape index (κ1) is 9.45. The lowest BCUT2D eigenvalue weighted by molar-refractivity contribution is -0.145. The van der Waals surface area contributed by atoms with E-state index in [0.717, 1.165) is 31.4 Å². The first-order valence-corrected chi connectivity index (χ1v) is 4.85. The van der Waals surface area contributed by atoms with Crippen LogP contribution in [0.2, 0.25) is 0 Å². The third-order valence-electron chi connectivity index (χ3n) is 3.00. The molecule has 0 aromatic heterocycles. The van der Waals surface area contributed by atoms with Crippen molar-refractivity contribution in [3.63, 3.8) is 0 Å². The van der Waals surface area contributed by atoms with E-state index in [2.05, 4.69) is 10.5 Å². The summed E-state index contributed by atoms with van der Waals surface area (Å²) in [5.41, 5.74) is 0.623. The minimum absolute atomic E-state index is 0.0442. The van der Waals surface area contributed by atoms with Crippen molar-refractivity contribution in [3.8, 4) is 0 Å². The molecule has 0 radical (unpaired) electrons. The van der Waals surface area contributed by atoms with Crippen molar-refractivity contribution in [2.45, 2.75) is 31.3 Å². The summed E-state index contributed by atoms with van der Waals surface area (Å²) in [5, 5.41) is 14.6. The lowest BCUT2D eigenvalue weighted by atomic mass is 9.83. The van der Waals surface area contributed by atoms with E-state index in [9.17, 15) is 4.79 Å². The Hall–Kier alpha value is -1.10. The van der Waals surface area contributed by atoms with Crippen LogP contribution in [0.1, 0.15) is 25.7 Å². The summed E-state index contributed by atoms with van der Waals surface area (Å²) in [4.78, 5) is 10.9. The van der Waals surface area contributed by atoms with E-state index >= 15 is 0 Å². The van der Waals surface area contributed by atoms with E-state index in [1.807, 2.05) is 0 Å². The molecule has 2 N–H and O–H groups in total. The predicted octanol–water partition coefficient (Wildman–Crippen LogP) is 0.276. The fourth-order valence-electron chi connectivity index (χ4n) is 2.00. The van der Waals surface area contributed by atoms with Crippen molar-refractivity contribution in [2.24, 2.45) is 5.16 Å². The van der Waals surface area contributed by atoms with E-state index in [-0.39, 0.29) is 18.1 Å². The van der Waals surface area contributed by atoms with Crippen LogP contribution >= 0.6 is 0 Å².